The molecule has 5 nitrogen and oxygen atoms in total. The highest BCUT2D eigenvalue weighted by molar-refractivity contribution is 4.94. The number of rotatable bonds is 6. The quantitative estimate of drug-likeness (QED) is 0.821. The Balaban J connectivity index is 1.92. The van der Waals surface area contributed by atoms with Crippen molar-refractivity contribution in [3.63, 3.8) is 0 Å². The van der Waals surface area contributed by atoms with E-state index in [0.717, 1.165) is 38.8 Å². The molecular weight excluding hydrogens is 218 g/mol. The van der Waals surface area contributed by atoms with Crippen LogP contribution in [0.4, 0.5) is 0 Å². The van der Waals surface area contributed by atoms with E-state index in [9.17, 15) is 0 Å². The fourth-order valence-electron chi connectivity index (χ4n) is 2.12. The molecule has 0 radical (unpaired) electrons. The smallest absolute Gasteiger partial charge is 0.228 e. The Morgan fingerprint density at radius 3 is 3.00 bits per heavy atom. The van der Waals surface area contributed by atoms with E-state index in [1.165, 1.54) is 0 Å². The Labute approximate surface area is 102 Å². The molecule has 0 aromatic carbocycles. The summed E-state index contributed by atoms with van der Waals surface area (Å²) in [6.07, 6.45) is 3.99. The van der Waals surface area contributed by atoms with E-state index in [1.54, 1.807) is 0 Å². The summed E-state index contributed by atoms with van der Waals surface area (Å²) >= 11 is 0. The molecule has 2 rings (SSSR count). The zero-order chi connectivity index (χ0) is 12.1. The zero-order valence-corrected chi connectivity index (χ0v) is 10.6. The highest BCUT2D eigenvalue weighted by Gasteiger charge is 2.23. The van der Waals surface area contributed by atoms with Crippen LogP contribution in [0.1, 0.15) is 50.9 Å². The van der Waals surface area contributed by atoms with Gasteiger partial charge in [0.15, 0.2) is 0 Å². The van der Waals surface area contributed by atoms with Gasteiger partial charge < -0.3 is 14.6 Å². The fourth-order valence-corrected chi connectivity index (χ4v) is 2.12. The molecule has 0 amide bonds. The summed E-state index contributed by atoms with van der Waals surface area (Å²) in [6.45, 7) is 6.04. The number of nitrogens with zero attached hydrogens (tertiary/aromatic N) is 2. The second kappa shape index (κ2) is 6.12. The van der Waals surface area contributed by atoms with Gasteiger partial charge in [-0.3, -0.25) is 0 Å². The number of hydrogen-bond donors (Lipinski definition) is 1. The molecule has 1 aromatic heterocycles. The van der Waals surface area contributed by atoms with Crippen molar-refractivity contribution in [1.82, 2.24) is 15.5 Å². The van der Waals surface area contributed by atoms with E-state index >= 15 is 0 Å². The van der Waals surface area contributed by atoms with Crippen molar-refractivity contribution in [3.8, 4) is 0 Å². The molecule has 1 aliphatic rings. The van der Waals surface area contributed by atoms with Crippen molar-refractivity contribution in [2.75, 3.05) is 13.2 Å². The third-order valence-electron chi connectivity index (χ3n) is 3.11. The van der Waals surface area contributed by atoms with E-state index in [2.05, 4.69) is 29.3 Å². The van der Waals surface area contributed by atoms with Gasteiger partial charge in [0.1, 0.15) is 6.10 Å². The van der Waals surface area contributed by atoms with E-state index in [1.807, 2.05) is 0 Å². The molecule has 5 heteroatoms. The van der Waals surface area contributed by atoms with Gasteiger partial charge in [-0.15, -0.1) is 0 Å². The minimum atomic E-state index is 0.0479. The molecular formula is C12H21N3O2. The molecule has 1 N–H and O–H groups in total. The largest absolute Gasteiger partial charge is 0.370 e. The molecule has 1 saturated heterocycles. The summed E-state index contributed by atoms with van der Waals surface area (Å²) in [5, 5.41) is 7.41. The molecule has 2 atom stereocenters. The van der Waals surface area contributed by atoms with E-state index in [0.29, 0.717) is 17.8 Å². The monoisotopic (exact) mass is 239 g/mol. The Morgan fingerprint density at radius 1 is 1.47 bits per heavy atom. The van der Waals surface area contributed by atoms with E-state index in [4.69, 9.17) is 9.26 Å². The van der Waals surface area contributed by atoms with E-state index < -0.39 is 0 Å². The Morgan fingerprint density at radius 2 is 2.35 bits per heavy atom. The number of ether oxygens (including phenoxy) is 1. The minimum absolute atomic E-state index is 0.0479. The Bertz CT molecular complexity index is 334. The van der Waals surface area contributed by atoms with Gasteiger partial charge in [0.25, 0.3) is 0 Å². The van der Waals surface area contributed by atoms with Gasteiger partial charge in [-0.25, -0.2) is 0 Å². The van der Waals surface area contributed by atoms with Crippen molar-refractivity contribution >= 4 is 0 Å². The molecule has 0 saturated carbocycles. The normalized spacial score (nSPS) is 21.9. The van der Waals surface area contributed by atoms with Gasteiger partial charge in [-0.1, -0.05) is 19.0 Å². The van der Waals surface area contributed by atoms with Crippen LogP contribution in [0.2, 0.25) is 0 Å². The van der Waals surface area contributed by atoms with Gasteiger partial charge in [0.05, 0.1) is 0 Å². The third kappa shape index (κ3) is 3.26. The van der Waals surface area contributed by atoms with Crippen LogP contribution < -0.4 is 5.32 Å². The molecule has 2 heterocycles. The maximum atomic E-state index is 5.53. The van der Waals surface area contributed by atoms with Crippen LogP contribution in [0.25, 0.3) is 0 Å². The predicted molar refractivity (Wildman–Crippen MR) is 63.7 cm³/mol. The summed E-state index contributed by atoms with van der Waals surface area (Å²) in [5.41, 5.74) is 0. The summed E-state index contributed by atoms with van der Waals surface area (Å²) in [6, 6.07) is 0.415. The lowest BCUT2D eigenvalue weighted by Crippen LogP contribution is -2.30. The van der Waals surface area contributed by atoms with Gasteiger partial charge in [0.2, 0.25) is 11.7 Å². The molecule has 0 spiro atoms. The summed E-state index contributed by atoms with van der Waals surface area (Å²) in [7, 11) is 0. The SMILES string of the molecule is CCNC(CC)Cc1nc(C2CCCO2)no1. The van der Waals surface area contributed by atoms with Crippen molar-refractivity contribution in [3.05, 3.63) is 11.7 Å². The van der Waals surface area contributed by atoms with E-state index in [-0.39, 0.29) is 6.10 Å². The molecule has 2 unspecified atom stereocenters. The summed E-state index contributed by atoms with van der Waals surface area (Å²) in [4.78, 5) is 4.42. The lowest BCUT2D eigenvalue weighted by atomic mass is 10.1. The first-order chi connectivity index (χ1) is 8.33. The number of nitrogens with one attached hydrogen (secondary N) is 1. The van der Waals surface area contributed by atoms with Gasteiger partial charge in [-0.2, -0.15) is 4.98 Å². The van der Waals surface area contributed by atoms with Crippen LogP contribution in [0, 0.1) is 0 Å². The van der Waals surface area contributed by atoms with Gasteiger partial charge >= 0.3 is 0 Å². The Kier molecular flexibility index (Phi) is 4.50. The van der Waals surface area contributed by atoms with Crippen LogP contribution in [0.5, 0.6) is 0 Å². The van der Waals surface area contributed by atoms with Crippen LogP contribution in [0.15, 0.2) is 4.52 Å². The van der Waals surface area contributed by atoms with Gasteiger partial charge in [-0.05, 0) is 25.8 Å². The second-order valence-electron chi connectivity index (χ2n) is 4.41. The van der Waals surface area contributed by atoms with Crippen molar-refractivity contribution in [2.45, 2.75) is 51.7 Å². The highest BCUT2D eigenvalue weighted by atomic mass is 16.5. The Hall–Kier alpha value is -0.940. The number of aromatic nitrogens is 2. The van der Waals surface area contributed by atoms with Crippen LogP contribution >= 0.6 is 0 Å². The van der Waals surface area contributed by atoms with Crippen LogP contribution in [0.3, 0.4) is 0 Å². The zero-order valence-electron chi connectivity index (χ0n) is 10.6. The molecule has 17 heavy (non-hydrogen) atoms. The maximum Gasteiger partial charge on any atom is 0.228 e. The summed E-state index contributed by atoms with van der Waals surface area (Å²) < 4.78 is 10.8. The lowest BCUT2D eigenvalue weighted by Gasteiger charge is -2.12. The predicted octanol–water partition coefficient (Wildman–Crippen LogP) is 1.85. The topological polar surface area (TPSA) is 60.2 Å². The maximum absolute atomic E-state index is 5.53. The minimum Gasteiger partial charge on any atom is -0.370 e. The summed E-state index contributed by atoms with van der Waals surface area (Å²) in [5.74, 6) is 1.42. The number of likely N-dealkylation sites (N-methyl/N-ethyl adjacent to an activating group) is 1. The van der Waals surface area contributed by atoms with Crippen LogP contribution in [-0.2, 0) is 11.2 Å². The van der Waals surface area contributed by atoms with Crippen molar-refractivity contribution in [1.29, 1.82) is 0 Å². The van der Waals surface area contributed by atoms with Crippen LogP contribution in [-0.4, -0.2) is 29.3 Å². The third-order valence-corrected chi connectivity index (χ3v) is 3.11. The first-order valence-corrected chi connectivity index (χ1v) is 6.51. The molecule has 0 bridgehead atoms. The highest BCUT2D eigenvalue weighted by Crippen LogP contribution is 2.26. The van der Waals surface area contributed by atoms with Gasteiger partial charge in [0, 0.05) is 19.1 Å². The molecule has 1 aliphatic heterocycles. The number of hydrogen-bond acceptors (Lipinski definition) is 5. The average Bonchev–Trinajstić information content (AvgIpc) is 2.98. The molecule has 1 fully saturated rings. The second-order valence-corrected chi connectivity index (χ2v) is 4.41. The molecule has 0 aliphatic carbocycles. The average molecular weight is 239 g/mol. The first-order valence-electron chi connectivity index (χ1n) is 6.51. The standard InChI is InChI=1S/C12H21N3O2/c1-3-9(13-4-2)8-11-14-12(15-17-11)10-6-5-7-16-10/h9-10,13H,3-8H2,1-2H3. The fraction of sp³-hybridized carbons (Fsp3) is 0.833. The first kappa shape index (κ1) is 12.5. The lowest BCUT2D eigenvalue weighted by molar-refractivity contribution is 0.103. The molecule has 96 valence electrons. The van der Waals surface area contributed by atoms with Crippen molar-refractivity contribution < 1.29 is 9.26 Å². The molecule has 1 aromatic rings. The van der Waals surface area contributed by atoms with Crippen molar-refractivity contribution in [2.24, 2.45) is 0 Å².